The minimum absolute atomic E-state index is 0.0730. The van der Waals surface area contributed by atoms with Crippen LogP contribution in [0.1, 0.15) is 94.2 Å². The van der Waals surface area contributed by atoms with Crippen LogP contribution in [0, 0.1) is 23.6 Å². The van der Waals surface area contributed by atoms with Crippen LogP contribution in [0.4, 0.5) is 17.6 Å². The first-order valence-corrected chi connectivity index (χ1v) is 10.6. The molecule has 0 saturated heterocycles. The van der Waals surface area contributed by atoms with Gasteiger partial charge < -0.3 is 0 Å². The lowest BCUT2D eigenvalue weighted by Gasteiger charge is -2.29. The van der Waals surface area contributed by atoms with E-state index in [9.17, 15) is 13.2 Å². The molecule has 2 aliphatic carbocycles. The highest BCUT2D eigenvalue weighted by Crippen LogP contribution is 2.42. The maximum absolute atomic E-state index is 15.0. The molecule has 0 atom stereocenters. The van der Waals surface area contributed by atoms with Crippen molar-refractivity contribution in [2.24, 2.45) is 17.8 Å². The number of benzene rings is 1. The van der Waals surface area contributed by atoms with Crippen molar-refractivity contribution in [3.8, 4) is 0 Å². The van der Waals surface area contributed by atoms with E-state index < -0.39 is 17.6 Å². The number of hydrogen-bond donors (Lipinski definition) is 0. The van der Waals surface area contributed by atoms with Gasteiger partial charge in [0, 0.05) is 0 Å². The maximum atomic E-state index is 15.0. The molecule has 2 fully saturated rings. The largest absolute Gasteiger partial charge is 0.419 e. The first-order valence-electron chi connectivity index (χ1n) is 10.6. The Bertz CT molecular complexity index is 618. The summed E-state index contributed by atoms with van der Waals surface area (Å²) in [5.74, 6) is 0.712. The zero-order valence-electron chi connectivity index (χ0n) is 16.5. The molecule has 2 saturated carbocycles. The van der Waals surface area contributed by atoms with E-state index >= 15 is 4.39 Å². The topological polar surface area (TPSA) is 0 Å². The zero-order chi connectivity index (χ0) is 19.6. The van der Waals surface area contributed by atoms with Crippen molar-refractivity contribution in [1.29, 1.82) is 0 Å². The molecule has 0 heterocycles. The first-order chi connectivity index (χ1) is 12.8. The van der Waals surface area contributed by atoms with Gasteiger partial charge in [-0.3, -0.25) is 0 Å². The molecule has 0 nitrogen and oxygen atoms in total. The lowest BCUT2D eigenvalue weighted by molar-refractivity contribution is -0.140. The van der Waals surface area contributed by atoms with Crippen LogP contribution in [0.3, 0.4) is 0 Å². The molecular formula is C23H32F4. The maximum Gasteiger partial charge on any atom is 0.419 e. The second-order valence-electron chi connectivity index (χ2n) is 9.12. The fourth-order valence-electron chi connectivity index (χ4n) is 5.01. The van der Waals surface area contributed by atoms with Crippen LogP contribution in [0.15, 0.2) is 12.1 Å². The molecule has 0 radical (unpaired) electrons. The van der Waals surface area contributed by atoms with Crippen LogP contribution in [-0.2, 0) is 12.6 Å². The Hall–Kier alpha value is -1.06. The summed E-state index contributed by atoms with van der Waals surface area (Å²) in [6.07, 6.45) is 4.42. The number of halogens is 4. The molecule has 0 N–H and O–H groups in total. The lowest BCUT2D eigenvalue weighted by atomic mass is 9.77. The first kappa shape index (κ1) is 20.7. The van der Waals surface area contributed by atoms with Gasteiger partial charge in [-0.15, -0.1) is 0 Å². The van der Waals surface area contributed by atoms with Gasteiger partial charge in [0.15, 0.2) is 0 Å². The molecule has 0 amide bonds. The van der Waals surface area contributed by atoms with Gasteiger partial charge in [-0.05, 0) is 60.5 Å². The number of aryl methyl sites for hydroxylation is 1. The molecule has 0 aromatic heterocycles. The van der Waals surface area contributed by atoms with E-state index in [4.69, 9.17) is 0 Å². The third-order valence-corrected chi connectivity index (χ3v) is 6.95. The van der Waals surface area contributed by atoms with Crippen LogP contribution in [0.2, 0.25) is 0 Å². The van der Waals surface area contributed by atoms with Crippen molar-refractivity contribution in [2.75, 3.05) is 0 Å². The van der Waals surface area contributed by atoms with Crippen LogP contribution in [-0.4, -0.2) is 0 Å². The normalized spacial score (nSPS) is 29.7. The molecule has 2 aliphatic rings. The van der Waals surface area contributed by atoms with Gasteiger partial charge in [0.25, 0.3) is 0 Å². The average molecular weight is 385 g/mol. The predicted molar refractivity (Wildman–Crippen MR) is 101 cm³/mol. The van der Waals surface area contributed by atoms with Gasteiger partial charge >= 0.3 is 6.18 Å². The van der Waals surface area contributed by atoms with E-state index in [2.05, 4.69) is 13.8 Å². The second kappa shape index (κ2) is 8.53. The zero-order valence-corrected chi connectivity index (χ0v) is 16.5. The third-order valence-electron chi connectivity index (χ3n) is 6.95. The Kier molecular flexibility index (Phi) is 6.53. The van der Waals surface area contributed by atoms with E-state index in [1.165, 1.54) is 0 Å². The molecule has 0 aliphatic heterocycles. The SMILES string of the molecule is CC1CCC(CCc2ccc(C3CCC(C)CC3)c(F)c2C(F)(F)F)CC1. The van der Waals surface area contributed by atoms with Crippen LogP contribution < -0.4 is 0 Å². The summed E-state index contributed by atoms with van der Waals surface area (Å²) in [4.78, 5) is 0. The number of alkyl halides is 3. The number of hydrogen-bond acceptors (Lipinski definition) is 0. The summed E-state index contributed by atoms with van der Waals surface area (Å²) in [6, 6.07) is 3.20. The number of rotatable bonds is 4. The van der Waals surface area contributed by atoms with Gasteiger partial charge in [-0.2, -0.15) is 13.2 Å². The summed E-state index contributed by atoms with van der Waals surface area (Å²) in [7, 11) is 0. The molecule has 27 heavy (non-hydrogen) atoms. The summed E-state index contributed by atoms with van der Waals surface area (Å²) in [5, 5.41) is 0. The van der Waals surface area contributed by atoms with Crippen LogP contribution >= 0.6 is 0 Å². The monoisotopic (exact) mass is 384 g/mol. The predicted octanol–water partition coefficient (Wildman–Crippen LogP) is 7.90. The fourth-order valence-corrected chi connectivity index (χ4v) is 5.01. The van der Waals surface area contributed by atoms with Crippen molar-refractivity contribution >= 4 is 0 Å². The fraction of sp³-hybridized carbons (Fsp3) is 0.739. The van der Waals surface area contributed by atoms with E-state index in [1.807, 2.05) is 0 Å². The molecule has 4 heteroatoms. The third kappa shape index (κ3) is 5.06. The molecule has 1 aromatic rings. The molecule has 0 bridgehead atoms. The standard InChI is InChI=1S/C23H32F4/c1-15-3-7-17(8-4-15)9-12-19-13-14-20(18-10-5-16(2)6-11-18)22(24)21(19)23(25,26)27/h13-18H,3-12H2,1-2H3. The minimum Gasteiger partial charge on any atom is -0.206 e. The summed E-state index contributed by atoms with van der Waals surface area (Å²) >= 11 is 0. The van der Waals surface area contributed by atoms with Gasteiger partial charge in [-0.1, -0.05) is 64.5 Å². The van der Waals surface area contributed by atoms with Gasteiger partial charge in [0.2, 0.25) is 0 Å². The van der Waals surface area contributed by atoms with Crippen molar-refractivity contribution in [3.05, 3.63) is 34.6 Å². The smallest absolute Gasteiger partial charge is 0.206 e. The van der Waals surface area contributed by atoms with Gasteiger partial charge in [-0.25, -0.2) is 4.39 Å². The Morgan fingerprint density at radius 3 is 1.96 bits per heavy atom. The summed E-state index contributed by atoms with van der Waals surface area (Å²) < 4.78 is 56.1. The van der Waals surface area contributed by atoms with E-state index in [0.29, 0.717) is 18.3 Å². The van der Waals surface area contributed by atoms with Gasteiger partial charge in [0.1, 0.15) is 5.82 Å². The Morgan fingerprint density at radius 1 is 0.852 bits per heavy atom. The highest BCUT2D eigenvalue weighted by atomic mass is 19.4. The minimum atomic E-state index is -4.63. The summed E-state index contributed by atoms with van der Waals surface area (Å²) in [6.45, 7) is 4.39. The molecule has 0 spiro atoms. The Balaban J connectivity index is 1.78. The van der Waals surface area contributed by atoms with Crippen LogP contribution in [0.25, 0.3) is 0 Å². The Morgan fingerprint density at radius 2 is 1.41 bits per heavy atom. The molecular weight excluding hydrogens is 352 g/mol. The van der Waals surface area contributed by atoms with Crippen molar-refractivity contribution < 1.29 is 17.6 Å². The quantitative estimate of drug-likeness (QED) is 0.463. The Labute approximate surface area is 160 Å². The highest BCUT2D eigenvalue weighted by Gasteiger charge is 2.39. The second-order valence-corrected chi connectivity index (χ2v) is 9.12. The molecule has 152 valence electrons. The van der Waals surface area contributed by atoms with E-state index in [1.54, 1.807) is 12.1 Å². The lowest BCUT2D eigenvalue weighted by Crippen LogP contribution is -2.19. The molecule has 1 aromatic carbocycles. The average Bonchev–Trinajstić information content (AvgIpc) is 2.61. The van der Waals surface area contributed by atoms with Crippen molar-refractivity contribution in [3.63, 3.8) is 0 Å². The summed E-state index contributed by atoms with van der Waals surface area (Å²) in [5.41, 5.74) is -0.571. The highest BCUT2D eigenvalue weighted by molar-refractivity contribution is 5.38. The van der Waals surface area contributed by atoms with Crippen molar-refractivity contribution in [2.45, 2.75) is 90.1 Å². The van der Waals surface area contributed by atoms with Crippen LogP contribution in [0.5, 0.6) is 0 Å². The van der Waals surface area contributed by atoms with Crippen molar-refractivity contribution in [1.82, 2.24) is 0 Å². The van der Waals surface area contributed by atoms with E-state index in [-0.39, 0.29) is 17.0 Å². The van der Waals surface area contributed by atoms with Gasteiger partial charge in [0.05, 0.1) is 5.56 Å². The molecule has 0 unspecified atom stereocenters. The van der Waals surface area contributed by atoms with E-state index in [0.717, 1.165) is 63.7 Å². The molecule has 3 rings (SSSR count).